The summed E-state index contributed by atoms with van der Waals surface area (Å²) in [6, 6.07) is 6.75. The topological polar surface area (TPSA) is 66.0 Å². The number of benzene rings is 2. The van der Waals surface area contributed by atoms with Gasteiger partial charge in [-0.05, 0) is 35.4 Å². The number of carbonyl (C=O) groups is 1. The number of amides is 1. The molecule has 0 saturated heterocycles. The molecule has 2 aromatic rings. The number of nitrogens with one attached hydrogen (secondary N) is 1. The van der Waals surface area contributed by atoms with Crippen LogP contribution in [0.1, 0.15) is 17.2 Å². The molecule has 0 atom stereocenters. The summed E-state index contributed by atoms with van der Waals surface area (Å²) in [5, 5.41) is 2.84. The largest absolute Gasteiger partial charge is 0.493 e. The van der Waals surface area contributed by atoms with Gasteiger partial charge in [-0.2, -0.15) is 0 Å². The predicted octanol–water partition coefficient (Wildman–Crippen LogP) is 4.08. The highest BCUT2D eigenvalue weighted by Crippen LogP contribution is 2.42. The van der Waals surface area contributed by atoms with Gasteiger partial charge in [-0.15, -0.1) is 0 Å². The van der Waals surface area contributed by atoms with Crippen LogP contribution in [0.25, 0.3) is 0 Å². The molecule has 140 valence electrons. The third kappa shape index (κ3) is 4.07. The molecule has 0 aliphatic rings. The molecule has 0 saturated carbocycles. The van der Waals surface area contributed by atoms with E-state index < -0.39 is 6.04 Å². The predicted molar refractivity (Wildman–Crippen MR) is 106 cm³/mol. The summed E-state index contributed by atoms with van der Waals surface area (Å²) >= 11 is 7.09. The van der Waals surface area contributed by atoms with Gasteiger partial charge < -0.3 is 24.3 Å². The number of carbonyl (C=O) groups excluding carboxylic acids is 1. The van der Waals surface area contributed by atoms with Gasteiger partial charge in [0.2, 0.25) is 6.41 Å². The zero-order chi connectivity index (χ0) is 19.3. The number of methoxy groups -OCH3 is 4. The lowest BCUT2D eigenvalue weighted by Crippen LogP contribution is -2.22. The van der Waals surface area contributed by atoms with Gasteiger partial charge in [0, 0.05) is 8.95 Å². The van der Waals surface area contributed by atoms with Gasteiger partial charge in [-0.3, -0.25) is 4.79 Å². The first-order valence-corrected chi connectivity index (χ1v) is 9.11. The van der Waals surface area contributed by atoms with Gasteiger partial charge in [-0.25, -0.2) is 0 Å². The molecule has 1 amide bonds. The van der Waals surface area contributed by atoms with Gasteiger partial charge in [0.1, 0.15) is 0 Å². The van der Waals surface area contributed by atoms with Crippen LogP contribution in [-0.2, 0) is 4.79 Å². The minimum Gasteiger partial charge on any atom is -0.493 e. The molecule has 6 nitrogen and oxygen atoms in total. The van der Waals surface area contributed by atoms with Gasteiger partial charge >= 0.3 is 0 Å². The molecule has 0 fully saturated rings. The minimum absolute atomic E-state index is 0.462. The zero-order valence-electron chi connectivity index (χ0n) is 14.8. The lowest BCUT2D eigenvalue weighted by atomic mass is 9.97. The van der Waals surface area contributed by atoms with Gasteiger partial charge in [0.05, 0.1) is 34.5 Å². The molecule has 1 N–H and O–H groups in total. The number of ether oxygens (including phenoxy) is 4. The maximum atomic E-state index is 11.3. The molecule has 26 heavy (non-hydrogen) atoms. The van der Waals surface area contributed by atoms with Crippen LogP contribution >= 0.6 is 31.9 Å². The lowest BCUT2D eigenvalue weighted by molar-refractivity contribution is -0.110. The Morgan fingerprint density at radius 3 is 1.42 bits per heavy atom. The first kappa shape index (κ1) is 20.4. The molecule has 0 aliphatic carbocycles. The van der Waals surface area contributed by atoms with Crippen LogP contribution in [0.3, 0.4) is 0 Å². The van der Waals surface area contributed by atoms with Crippen LogP contribution in [0, 0.1) is 0 Å². The molecule has 0 aliphatic heterocycles. The maximum absolute atomic E-state index is 11.3. The summed E-state index contributed by atoms with van der Waals surface area (Å²) in [5.74, 6) is 2.28. The molecular weight excluding hydrogens is 470 g/mol. The first-order chi connectivity index (χ1) is 12.5. The van der Waals surface area contributed by atoms with E-state index in [4.69, 9.17) is 18.9 Å². The second-order valence-electron chi connectivity index (χ2n) is 5.17. The summed E-state index contributed by atoms with van der Waals surface area (Å²) < 4.78 is 22.9. The quantitative estimate of drug-likeness (QED) is 0.567. The maximum Gasteiger partial charge on any atom is 0.207 e. The average Bonchev–Trinajstić information content (AvgIpc) is 2.66. The van der Waals surface area contributed by atoms with E-state index in [1.54, 1.807) is 40.6 Å². The fourth-order valence-electron chi connectivity index (χ4n) is 2.60. The Hall–Kier alpha value is -1.93. The molecule has 0 spiro atoms. The highest BCUT2D eigenvalue weighted by Gasteiger charge is 2.23. The molecule has 0 radical (unpaired) electrons. The third-order valence-corrected chi connectivity index (χ3v) is 5.24. The summed E-state index contributed by atoms with van der Waals surface area (Å²) in [6.45, 7) is 0. The fourth-order valence-corrected chi connectivity index (χ4v) is 3.70. The third-order valence-electron chi connectivity index (χ3n) is 3.86. The molecule has 0 unspecified atom stereocenters. The monoisotopic (exact) mass is 487 g/mol. The van der Waals surface area contributed by atoms with Crippen molar-refractivity contribution in [3.05, 3.63) is 44.3 Å². The molecule has 8 heteroatoms. The van der Waals surface area contributed by atoms with Crippen molar-refractivity contribution in [2.75, 3.05) is 28.4 Å². The Kier molecular flexibility index (Phi) is 7.16. The number of hydrogen-bond acceptors (Lipinski definition) is 5. The highest BCUT2D eigenvalue weighted by molar-refractivity contribution is 9.10. The SMILES string of the molecule is COc1cc(Br)c(C(NC=O)c2cc(OC)c(OC)cc2Br)cc1OC. The Balaban J connectivity index is 2.65. The van der Waals surface area contributed by atoms with E-state index in [1.807, 2.05) is 12.1 Å². The summed E-state index contributed by atoms with van der Waals surface area (Å²) in [4.78, 5) is 11.3. The van der Waals surface area contributed by atoms with E-state index in [1.165, 1.54) is 0 Å². The summed E-state index contributed by atoms with van der Waals surface area (Å²) in [6.07, 6.45) is 0.650. The van der Waals surface area contributed by atoms with E-state index in [2.05, 4.69) is 37.2 Å². The molecular formula is C18H19Br2NO5. The standard InChI is InChI=1S/C18H19Br2NO5/c1-23-14-5-10(12(19)7-16(14)25-3)18(21-9-22)11-6-15(24-2)17(26-4)8-13(11)20/h5-9,18H,1-4H3,(H,21,22). The van der Waals surface area contributed by atoms with Crippen LogP contribution in [0.5, 0.6) is 23.0 Å². The lowest BCUT2D eigenvalue weighted by Gasteiger charge is -2.23. The smallest absolute Gasteiger partial charge is 0.207 e. The average molecular weight is 489 g/mol. The van der Waals surface area contributed by atoms with Crippen molar-refractivity contribution in [1.82, 2.24) is 5.32 Å². The Labute approximate surface area is 169 Å². The van der Waals surface area contributed by atoms with E-state index in [-0.39, 0.29) is 0 Å². The van der Waals surface area contributed by atoms with Crippen molar-refractivity contribution in [2.45, 2.75) is 6.04 Å². The van der Waals surface area contributed by atoms with Gasteiger partial charge in [0.25, 0.3) is 0 Å². The van der Waals surface area contributed by atoms with Crippen molar-refractivity contribution < 1.29 is 23.7 Å². The Morgan fingerprint density at radius 1 is 0.769 bits per heavy atom. The first-order valence-electron chi connectivity index (χ1n) is 7.53. The van der Waals surface area contributed by atoms with Crippen LogP contribution in [0.2, 0.25) is 0 Å². The molecule has 2 rings (SSSR count). The normalized spacial score (nSPS) is 10.4. The number of halogens is 2. The van der Waals surface area contributed by atoms with Crippen LogP contribution in [0.15, 0.2) is 33.2 Å². The Bertz CT molecular complexity index is 736. The van der Waals surface area contributed by atoms with Crippen molar-refractivity contribution in [2.24, 2.45) is 0 Å². The van der Waals surface area contributed by atoms with Crippen LogP contribution < -0.4 is 24.3 Å². The number of rotatable bonds is 8. The zero-order valence-corrected chi connectivity index (χ0v) is 17.9. The van der Waals surface area contributed by atoms with E-state index >= 15 is 0 Å². The van der Waals surface area contributed by atoms with Gasteiger partial charge in [0.15, 0.2) is 23.0 Å². The van der Waals surface area contributed by atoms with Crippen molar-refractivity contribution in [1.29, 1.82) is 0 Å². The number of hydrogen-bond donors (Lipinski definition) is 1. The molecule has 0 bridgehead atoms. The molecule has 2 aromatic carbocycles. The second-order valence-corrected chi connectivity index (χ2v) is 6.88. The fraction of sp³-hybridized carbons (Fsp3) is 0.278. The minimum atomic E-state index is -0.462. The van der Waals surface area contributed by atoms with E-state index in [0.717, 1.165) is 20.1 Å². The van der Waals surface area contributed by atoms with E-state index in [9.17, 15) is 4.79 Å². The van der Waals surface area contributed by atoms with Crippen molar-refractivity contribution in [3.63, 3.8) is 0 Å². The van der Waals surface area contributed by atoms with Crippen LogP contribution in [0.4, 0.5) is 0 Å². The highest BCUT2D eigenvalue weighted by atomic mass is 79.9. The second kappa shape index (κ2) is 9.14. The van der Waals surface area contributed by atoms with Crippen molar-refractivity contribution >= 4 is 38.3 Å². The summed E-state index contributed by atoms with van der Waals surface area (Å²) in [7, 11) is 6.25. The Morgan fingerprint density at radius 2 is 1.12 bits per heavy atom. The van der Waals surface area contributed by atoms with E-state index in [0.29, 0.717) is 29.4 Å². The van der Waals surface area contributed by atoms with Crippen molar-refractivity contribution in [3.8, 4) is 23.0 Å². The molecule has 0 heterocycles. The summed E-state index contributed by atoms with van der Waals surface area (Å²) in [5.41, 5.74) is 1.59. The van der Waals surface area contributed by atoms with Gasteiger partial charge in [-0.1, -0.05) is 31.9 Å². The molecule has 0 aromatic heterocycles. The van der Waals surface area contributed by atoms with Crippen LogP contribution in [-0.4, -0.2) is 34.8 Å².